The van der Waals surface area contributed by atoms with Crippen LogP contribution in [-0.2, 0) is 6.54 Å². The molecule has 3 heteroatoms. The number of nitrogens with one attached hydrogen (secondary N) is 1. The fraction of sp³-hybridized carbons (Fsp3) is 0.250. The zero-order valence-corrected chi connectivity index (χ0v) is 11.8. The molecule has 2 rings (SSSR count). The van der Waals surface area contributed by atoms with E-state index in [-0.39, 0.29) is 5.82 Å². The molecule has 0 aliphatic rings. The van der Waals surface area contributed by atoms with E-state index in [1.807, 2.05) is 43.0 Å². The number of aryl methyl sites for hydroxylation is 1. The molecule has 0 amide bonds. The highest BCUT2D eigenvalue weighted by Crippen LogP contribution is 2.16. The standard InChI is InChI=1S/C16H18FNS/c1-13-7-8-15(17)11-14(13)12-18-9-10-19-16-5-3-2-4-6-16/h2-8,11,18H,9-10,12H2,1H3. The van der Waals surface area contributed by atoms with Crippen LogP contribution in [0.1, 0.15) is 11.1 Å². The summed E-state index contributed by atoms with van der Waals surface area (Å²) in [6, 6.07) is 15.3. The molecule has 19 heavy (non-hydrogen) atoms. The van der Waals surface area contributed by atoms with Crippen LogP contribution in [0.15, 0.2) is 53.4 Å². The Morgan fingerprint density at radius 3 is 2.68 bits per heavy atom. The molecule has 1 N–H and O–H groups in total. The Morgan fingerprint density at radius 2 is 1.89 bits per heavy atom. The highest BCUT2D eigenvalue weighted by molar-refractivity contribution is 7.99. The van der Waals surface area contributed by atoms with E-state index >= 15 is 0 Å². The van der Waals surface area contributed by atoms with Gasteiger partial charge in [0, 0.05) is 23.7 Å². The maximum Gasteiger partial charge on any atom is 0.123 e. The predicted octanol–water partition coefficient (Wildman–Crippen LogP) is 4.02. The van der Waals surface area contributed by atoms with E-state index in [0.29, 0.717) is 0 Å². The van der Waals surface area contributed by atoms with Gasteiger partial charge in [-0.05, 0) is 42.3 Å². The molecule has 0 radical (unpaired) electrons. The molecule has 100 valence electrons. The maximum absolute atomic E-state index is 13.1. The number of thioether (sulfide) groups is 1. The van der Waals surface area contributed by atoms with Crippen molar-refractivity contribution in [2.75, 3.05) is 12.3 Å². The van der Waals surface area contributed by atoms with E-state index in [1.54, 1.807) is 6.07 Å². The maximum atomic E-state index is 13.1. The summed E-state index contributed by atoms with van der Waals surface area (Å²) < 4.78 is 13.1. The van der Waals surface area contributed by atoms with Gasteiger partial charge in [-0.15, -0.1) is 11.8 Å². The molecule has 2 aromatic rings. The highest BCUT2D eigenvalue weighted by atomic mass is 32.2. The van der Waals surface area contributed by atoms with Gasteiger partial charge in [0.25, 0.3) is 0 Å². The van der Waals surface area contributed by atoms with Crippen molar-refractivity contribution in [1.29, 1.82) is 0 Å². The number of hydrogen-bond donors (Lipinski definition) is 1. The second-order valence-corrected chi connectivity index (χ2v) is 5.58. The average Bonchev–Trinajstić information content (AvgIpc) is 2.43. The Balaban J connectivity index is 1.71. The molecule has 0 atom stereocenters. The van der Waals surface area contributed by atoms with E-state index in [0.717, 1.165) is 30.0 Å². The van der Waals surface area contributed by atoms with Gasteiger partial charge in [-0.1, -0.05) is 24.3 Å². The van der Waals surface area contributed by atoms with Gasteiger partial charge in [-0.25, -0.2) is 4.39 Å². The third-order valence-corrected chi connectivity index (χ3v) is 3.93. The molecular weight excluding hydrogens is 257 g/mol. The molecule has 0 aromatic heterocycles. The zero-order chi connectivity index (χ0) is 13.5. The molecule has 0 aliphatic carbocycles. The van der Waals surface area contributed by atoms with Crippen molar-refractivity contribution in [3.05, 3.63) is 65.5 Å². The molecular formula is C16H18FNS. The summed E-state index contributed by atoms with van der Waals surface area (Å²) in [5, 5.41) is 3.35. The Morgan fingerprint density at radius 1 is 1.11 bits per heavy atom. The molecule has 1 nitrogen and oxygen atoms in total. The van der Waals surface area contributed by atoms with Gasteiger partial charge in [0.05, 0.1) is 0 Å². The molecule has 0 aliphatic heterocycles. The first kappa shape index (κ1) is 14.1. The molecule has 0 bridgehead atoms. The lowest BCUT2D eigenvalue weighted by atomic mass is 10.1. The fourth-order valence-corrected chi connectivity index (χ4v) is 2.64. The summed E-state index contributed by atoms with van der Waals surface area (Å²) in [7, 11) is 0. The summed E-state index contributed by atoms with van der Waals surface area (Å²) in [5.74, 6) is 0.847. The minimum atomic E-state index is -0.166. The van der Waals surface area contributed by atoms with Crippen LogP contribution in [0.4, 0.5) is 4.39 Å². The van der Waals surface area contributed by atoms with Crippen molar-refractivity contribution in [3.8, 4) is 0 Å². The third kappa shape index (κ3) is 4.69. The van der Waals surface area contributed by atoms with Gasteiger partial charge in [-0.3, -0.25) is 0 Å². The van der Waals surface area contributed by atoms with E-state index in [4.69, 9.17) is 0 Å². The number of benzene rings is 2. The Hall–Kier alpha value is -1.32. The Kier molecular flexibility index (Phi) is 5.43. The highest BCUT2D eigenvalue weighted by Gasteiger charge is 2.00. The van der Waals surface area contributed by atoms with Crippen molar-refractivity contribution < 1.29 is 4.39 Å². The van der Waals surface area contributed by atoms with Crippen LogP contribution < -0.4 is 5.32 Å². The molecule has 0 heterocycles. The molecule has 0 saturated carbocycles. The SMILES string of the molecule is Cc1ccc(F)cc1CNCCSc1ccccc1. The molecule has 0 fully saturated rings. The van der Waals surface area contributed by atoms with Gasteiger partial charge in [-0.2, -0.15) is 0 Å². The Labute approximate surface area is 118 Å². The third-order valence-electron chi connectivity index (χ3n) is 2.92. The van der Waals surface area contributed by atoms with Crippen LogP contribution in [0, 0.1) is 12.7 Å². The lowest BCUT2D eigenvalue weighted by Crippen LogP contribution is -2.17. The predicted molar refractivity (Wildman–Crippen MR) is 80.0 cm³/mol. The van der Waals surface area contributed by atoms with Crippen LogP contribution in [0.25, 0.3) is 0 Å². The van der Waals surface area contributed by atoms with Crippen LogP contribution in [-0.4, -0.2) is 12.3 Å². The van der Waals surface area contributed by atoms with Crippen LogP contribution in [0.3, 0.4) is 0 Å². The Bertz CT molecular complexity index is 513. The first-order chi connectivity index (χ1) is 9.25. The fourth-order valence-electron chi connectivity index (χ4n) is 1.81. The monoisotopic (exact) mass is 275 g/mol. The smallest absolute Gasteiger partial charge is 0.123 e. The first-order valence-electron chi connectivity index (χ1n) is 6.39. The molecule has 0 spiro atoms. The van der Waals surface area contributed by atoms with Crippen LogP contribution >= 0.6 is 11.8 Å². The zero-order valence-electron chi connectivity index (χ0n) is 11.0. The first-order valence-corrected chi connectivity index (χ1v) is 7.38. The van der Waals surface area contributed by atoms with Crippen molar-refractivity contribution in [1.82, 2.24) is 5.32 Å². The van der Waals surface area contributed by atoms with E-state index < -0.39 is 0 Å². The quantitative estimate of drug-likeness (QED) is 0.631. The second kappa shape index (κ2) is 7.31. The summed E-state index contributed by atoms with van der Waals surface area (Å²) in [6.45, 7) is 3.64. The van der Waals surface area contributed by atoms with Crippen LogP contribution in [0.2, 0.25) is 0 Å². The van der Waals surface area contributed by atoms with Gasteiger partial charge >= 0.3 is 0 Å². The van der Waals surface area contributed by atoms with Crippen molar-refractivity contribution in [2.45, 2.75) is 18.4 Å². The van der Waals surface area contributed by atoms with Crippen molar-refractivity contribution in [2.24, 2.45) is 0 Å². The average molecular weight is 275 g/mol. The van der Waals surface area contributed by atoms with E-state index in [1.165, 1.54) is 11.0 Å². The number of hydrogen-bond acceptors (Lipinski definition) is 2. The van der Waals surface area contributed by atoms with Crippen molar-refractivity contribution in [3.63, 3.8) is 0 Å². The molecule has 2 aromatic carbocycles. The van der Waals surface area contributed by atoms with Gasteiger partial charge in [0.2, 0.25) is 0 Å². The van der Waals surface area contributed by atoms with Gasteiger partial charge in [0.1, 0.15) is 5.82 Å². The minimum absolute atomic E-state index is 0.166. The molecule has 0 unspecified atom stereocenters. The molecule has 0 saturated heterocycles. The van der Waals surface area contributed by atoms with Crippen LogP contribution in [0.5, 0.6) is 0 Å². The van der Waals surface area contributed by atoms with E-state index in [9.17, 15) is 4.39 Å². The summed E-state index contributed by atoms with van der Waals surface area (Å²) >= 11 is 1.83. The lowest BCUT2D eigenvalue weighted by molar-refractivity contribution is 0.621. The number of rotatable bonds is 6. The normalized spacial score (nSPS) is 10.6. The lowest BCUT2D eigenvalue weighted by Gasteiger charge is -2.08. The van der Waals surface area contributed by atoms with Gasteiger partial charge in [0.15, 0.2) is 0 Å². The number of halogens is 1. The van der Waals surface area contributed by atoms with Crippen molar-refractivity contribution >= 4 is 11.8 Å². The second-order valence-electron chi connectivity index (χ2n) is 4.41. The minimum Gasteiger partial charge on any atom is -0.312 e. The topological polar surface area (TPSA) is 12.0 Å². The van der Waals surface area contributed by atoms with E-state index in [2.05, 4.69) is 17.4 Å². The van der Waals surface area contributed by atoms with Gasteiger partial charge < -0.3 is 5.32 Å². The largest absolute Gasteiger partial charge is 0.312 e. The summed E-state index contributed by atoms with van der Waals surface area (Å²) in [6.07, 6.45) is 0. The summed E-state index contributed by atoms with van der Waals surface area (Å²) in [5.41, 5.74) is 2.16. The summed E-state index contributed by atoms with van der Waals surface area (Å²) in [4.78, 5) is 1.28.